The second-order valence-corrected chi connectivity index (χ2v) is 5.26. The van der Waals surface area contributed by atoms with Gasteiger partial charge in [0.25, 0.3) is 0 Å². The molecule has 0 radical (unpaired) electrons. The summed E-state index contributed by atoms with van der Waals surface area (Å²) < 4.78 is 23.8. The number of hydrogen-bond acceptors (Lipinski definition) is 3. The monoisotopic (exact) mass is 176 g/mol. The van der Waals surface area contributed by atoms with Crippen LogP contribution in [0.15, 0.2) is 0 Å². The molecule has 2 heterocycles. The van der Waals surface area contributed by atoms with Crippen LogP contribution in [0.2, 0.25) is 0 Å². The number of nitrogens with zero attached hydrogens (tertiary/aromatic N) is 1. The molecule has 0 aliphatic carbocycles. The molecule has 2 aliphatic heterocycles. The number of rotatable bonds is 1. The van der Waals surface area contributed by atoms with Crippen LogP contribution >= 0.6 is 0 Å². The Morgan fingerprint density at radius 1 is 1.55 bits per heavy atom. The van der Waals surface area contributed by atoms with E-state index in [1.54, 1.807) is 4.31 Å². The van der Waals surface area contributed by atoms with E-state index in [4.69, 9.17) is 0 Å². The van der Waals surface area contributed by atoms with Crippen LogP contribution in [-0.4, -0.2) is 44.2 Å². The fourth-order valence-electron chi connectivity index (χ4n) is 1.93. The summed E-state index contributed by atoms with van der Waals surface area (Å²) in [5.41, 5.74) is 0. The fraction of sp³-hybridized carbons (Fsp3) is 1.00. The number of sulfonamides is 1. The van der Waals surface area contributed by atoms with Crippen molar-refractivity contribution in [3.05, 3.63) is 0 Å². The van der Waals surface area contributed by atoms with Crippen molar-refractivity contribution < 1.29 is 8.42 Å². The van der Waals surface area contributed by atoms with Gasteiger partial charge in [-0.25, -0.2) is 8.42 Å². The summed E-state index contributed by atoms with van der Waals surface area (Å²) in [6, 6.07) is 0.643. The molecule has 64 valence electrons. The van der Waals surface area contributed by atoms with Crippen LogP contribution in [0.1, 0.15) is 6.42 Å². The van der Waals surface area contributed by atoms with Gasteiger partial charge in [-0.2, -0.15) is 4.31 Å². The molecular formula is C6H12N2O2S. The number of hydrogen-bond donors (Lipinski definition) is 1. The van der Waals surface area contributed by atoms with Gasteiger partial charge in [-0.05, 0) is 6.42 Å². The smallest absolute Gasteiger partial charge is 0.211 e. The summed E-state index contributed by atoms with van der Waals surface area (Å²) in [6.45, 7) is 1.50. The number of nitrogens with one attached hydrogen (secondary N) is 1. The van der Waals surface area contributed by atoms with E-state index in [0.29, 0.717) is 12.6 Å². The first kappa shape index (κ1) is 7.52. The third kappa shape index (κ3) is 1.17. The van der Waals surface area contributed by atoms with Crippen LogP contribution in [0.25, 0.3) is 0 Å². The van der Waals surface area contributed by atoms with E-state index in [9.17, 15) is 8.42 Å². The van der Waals surface area contributed by atoms with Crippen molar-refractivity contribution in [3.63, 3.8) is 0 Å². The van der Waals surface area contributed by atoms with Crippen molar-refractivity contribution in [1.29, 1.82) is 0 Å². The predicted octanol–water partition coefficient (Wildman–Crippen LogP) is -1.01. The summed E-state index contributed by atoms with van der Waals surface area (Å²) in [4.78, 5) is 0. The van der Waals surface area contributed by atoms with E-state index in [-0.39, 0.29) is 6.04 Å². The van der Waals surface area contributed by atoms with Gasteiger partial charge in [-0.15, -0.1) is 0 Å². The SMILES string of the molecule is CS(=O)(=O)N1CC2CC1CN2. The Hall–Kier alpha value is -0.130. The third-order valence-corrected chi connectivity index (χ3v) is 3.73. The minimum absolute atomic E-state index is 0.231. The first-order valence-electron chi connectivity index (χ1n) is 3.77. The van der Waals surface area contributed by atoms with Crippen LogP contribution in [0, 0.1) is 0 Å². The topological polar surface area (TPSA) is 49.4 Å². The Labute approximate surface area is 66.6 Å². The molecule has 0 aromatic rings. The maximum atomic E-state index is 11.1. The zero-order valence-corrected chi connectivity index (χ0v) is 7.26. The standard InChI is InChI=1S/C6H12N2O2S/c1-11(9,10)8-4-5-2-6(8)3-7-5/h5-7H,2-4H2,1H3. The van der Waals surface area contributed by atoms with E-state index < -0.39 is 10.0 Å². The van der Waals surface area contributed by atoms with E-state index in [0.717, 1.165) is 13.0 Å². The lowest BCUT2D eigenvalue weighted by Crippen LogP contribution is -2.45. The molecule has 2 fully saturated rings. The van der Waals surface area contributed by atoms with Crippen LogP contribution in [0.3, 0.4) is 0 Å². The van der Waals surface area contributed by atoms with Crippen LogP contribution in [0.4, 0.5) is 0 Å². The molecule has 0 aromatic heterocycles. The average molecular weight is 176 g/mol. The van der Waals surface area contributed by atoms with E-state index in [2.05, 4.69) is 5.32 Å². The highest BCUT2D eigenvalue weighted by Crippen LogP contribution is 2.25. The zero-order valence-electron chi connectivity index (χ0n) is 6.45. The van der Waals surface area contributed by atoms with Crippen molar-refractivity contribution in [2.45, 2.75) is 18.5 Å². The average Bonchev–Trinajstić information content (AvgIpc) is 2.42. The minimum atomic E-state index is -2.94. The van der Waals surface area contributed by atoms with Gasteiger partial charge < -0.3 is 5.32 Å². The van der Waals surface area contributed by atoms with Gasteiger partial charge in [0.15, 0.2) is 0 Å². The van der Waals surface area contributed by atoms with Crippen LogP contribution in [0.5, 0.6) is 0 Å². The van der Waals surface area contributed by atoms with Gasteiger partial charge in [0.2, 0.25) is 10.0 Å². The van der Waals surface area contributed by atoms with E-state index >= 15 is 0 Å². The largest absolute Gasteiger partial charge is 0.311 e. The summed E-state index contributed by atoms with van der Waals surface area (Å²) in [5, 5.41) is 3.25. The molecule has 2 aliphatic rings. The van der Waals surface area contributed by atoms with Crippen molar-refractivity contribution >= 4 is 10.0 Å². The lowest BCUT2D eigenvalue weighted by atomic mass is 10.2. The molecule has 0 spiro atoms. The molecule has 1 N–H and O–H groups in total. The highest BCUT2D eigenvalue weighted by molar-refractivity contribution is 7.88. The molecule has 0 aromatic carbocycles. The second kappa shape index (κ2) is 2.18. The quantitative estimate of drug-likeness (QED) is 0.557. The van der Waals surface area contributed by atoms with E-state index in [1.807, 2.05) is 0 Å². The maximum Gasteiger partial charge on any atom is 0.211 e. The summed E-state index contributed by atoms with van der Waals surface area (Å²) in [5.74, 6) is 0. The zero-order chi connectivity index (χ0) is 8.06. The third-order valence-electron chi connectivity index (χ3n) is 2.43. The molecule has 11 heavy (non-hydrogen) atoms. The summed E-state index contributed by atoms with van der Waals surface area (Å²) >= 11 is 0. The first-order chi connectivity index (χ1) is 5.07. The Balaban J connectivity index is 2.21. The van der Waals surface area contributed by atoms with Gasteiger partial charge in [0.1, 0.15) is 0 Å². The number of piperazine rings is 1. The highest BCUT2D eigenvalue weighted by Gasteiger charge is 2.41. The molecule has 4 nitrogen and oxygen atoms in total. The van der Waals surface area contributed by atoms with Gasteiger partial charge in [-0.1, -0.05) is 0 Å². The van der Waals surface area contributed by atoms with Crippen LogP contribution < -0.4 is 5.32 Å². The molecule has 2 unspecified atom stereocenters. The molecule has 5 heteroatoms. The van der Waals surface area contributed by atoms with Gasteiger partial charge in [0, 0.05) is 25.2 Å². The number of fused-ring (bicyclic) bond motifs is 2. The summed E-state index contributed by atoms with van der Waals surface area (Å²) in [7, 11) is -2.94. The molecular weight excluding hydrogens is 164 g/mol. The molecule has 2 rings (SSSR count). The van der Waals surface area contributed by atoms with Crippen molar-refractivity contribution in [3.8, 4) is 0 Å². The van der Waals surface area contributed by atoms with Crippen molar-refractivity contribution in [2.75, 3.05) is 19.3 Å². The van der Waals surface area contributed by atoms with Gasteiger partial charge in [-0.3, -0.25) is 0 Å². The fourth-order valence-corrected chi connectivity index (χ4v) is 3.08. The first-order valence-corrected chi connectivity index (χ1v) is 5.62. The Kier molecular flexibility index (Phi) is 1.49. The molecule has 0 amide bonds. The minimum Gasteiger partial charge on any atom is -0.311 e. The predicted molar refractivity (Wildman–Crippen MR) is 41.7 cm³/mol. The highest BCUT2D eigenvalue weighted by atomic mass is 32.2. The second-order valence-electron chi connectivity index (χ2n) is 3.33. The van der Waals surface area contributed by atoms with Crippen molar-refractivity contribution in [2.24, 2.45) is 0 Å². The normalized spacial score (nSPS) is 38.3. The van der Waals surface area contributed by atoms with Gasteiger partial charge in [0.05, 0.1) is 6.26 Å². The Morgan fingerprint density at radius 3 is 2.55 bits per heavy atom. The lowest BCUT2D eigenvalue weighted by Gasteiger charge is -2.24. The Bertz CT molecular complexity index is 262. The molecule has 0 saturated carbocycles. The molecule has 2 atom stereocenters. The molecule has 2 saturated heterocycles. The lowest BCUT2D eigenvalue weighted by molar-refractivity contribution is 0.351. The molecule has 2 bridgehead atoms. The summed E-state index contributed by atoms with van der Waals surface area (Å²) in [6.07, 6.45) is 2.28. The maximum absolute atomic E-state index is 11.1. The van der Waals surface area contributed by atoms with Crippen LogP contribution in [-0.2, 0) is 10.0 Å². The Morgan fingerprint density at radius 2 is 2.27 bits per heavy atom. The van der Waals surface area contributed by atoms with Crippen molar-refractivity contribution in [1.82, 2.24) is 9.62 Å². The van der Waals surface area contributed by atoms with Gasteiger partial charge >= 0.3 is 0 Å². The van der Waals surface area contributed by atoms with E-state index in [1.165, 1.54) is 6.26 Å².